The summed E-state index contributed by atoms with van der Waals surface area (Å²) in [5.74, 6) is 2.12. The SMILES string of the molecule is C#CCOCC1O[C@@H](OP(=O)(O)OP(=O)(O)O[C@H]2O[C@@H](n3ccc(=O)[nH]c3=O)C(O)[C@H]2O)C(O)[C@@H](O)[C@H]1O. The number of aliphatic hydroxyl groups is 5. The lowest BCUT2D eigenvalue weighted by Gasteiger charge is -2.40. The van der Waals surface area contributed by atoms with Crippen molar-refractivity contribution in [2.24, 2.45) is 0 Å². The van der Waals surface area contributed by atoms with Crippen LogP contribution in [0.1, 0.15) is 6.23 Å². The molecule has 1 aromatic heterocycles. The molecule has 19 nitrogen and oxygen atoms in total. The van der Waals surface area contributed by atoms with Gasteiger partial charge in [0, 0.05) is 12.3 Å². The number of hydrogen-bond acceptors (Lipinski definition) is 15. The molecular weight excluding hydrogens is 566 g/mol. The van der Waals surface area contributed by atoms with Crippen LogP contribution in [0, 0.1) is 12.3 Å². The molecule has 5 unspecified atom stereocenters. The maximum atomic E-state index is 12.4. The molecule has 3 rings (SSSR count). The minimum atomic E-state index is -5.69. The van der Waals surface area contributed by atoms with Crippen molar-refractivity contribution in [3.63, 3.8) is 0 Å². The first-order valence-corrected chi connectivity index (χ1v) is 13.4. The summed E-state index contributed by atoms with van der Waals surface area (Å²) in [4.78, 5) is 44.8. The van der Waals surface area contributed by atoms with Gasteiger partial charge < -0.3 is 49.5 Å². The highest BCUT2D eigenvalue weighted by atomic mass is 31.3. The second-order valence-corrected chi connectivity index (χ2v) is 10.8. The van der Waals surface area contributed by atoms with E-state index in [4.69, 9.17) is 20.6 Å². The molecule has 0 spiro atoms. The Kier molecular flexibility index (Phi) is 9.82. The first kappa shape index (κ1) is 30.7. The van der Waals surface area contributed by atoms with E-state index in [1.807, 2.05) is 4.98 Å². The van der Waals surface area contributed by atoms with E-state index in [9.17, 15) is 54.0 Å². The maximum absolute atomic E-state index is 12.4. The fraction of sp³-hybridized carbons (Fsp3) is 0.647. The van der Waals surface area contributed by atoms with E-state index in [1.165, 1.54) is 0 Å². The molecule has 2 saturated heterocycles. The number of terminal acetylenes is 1. The smallest absolute Gasteiger partial charge is 0.387 e. The van der Waals surface area contributed by atoms with Crippen molar-refractivity contribution in [2.75, 3.05) is 13.2 Å². The van der Waals surface area contributed by atoms with Gasteiger partial charge in [0.15, 0.2) is 18.8 Å². The van der Waals surface area contributed by atoms with Gasteiger partial charge in [-0.3, -0.25) is 23.4 Å². The van der Waals surface area contributed by atoms with Gasteiger partial charge in [-0.1, -0.05) is 5.92 Å². The number of nitrogens with zero attached hydrogens (tertiary/aromatic N) is 1. The standard InChI is InChI=1S/C17H24N2O17P2/c1-2-5-31-6-7-9(21)10(22)12(24)15(32-7)34-37(27,28)36-38(29,30)35-16-13(25)11(23)14(33-16)19-4-3-8(20)18-17(19)26/h1,3-4,7,9-16,21-25H,5-6H2,(H,27,28)(H,29,30)(H,18,20,26)/t7?,9-,10-,11?,12?,13+,14+,15-,16+/m0/s1. The number of rotatable bonds is 10. The summed E-state index contributed by atoms with van der Waals surface area (Å²) in [5, 5.41) is 50.2. The first-order chi connectivity index (χ1) is 17.7. The van der Waals surface area contributed by atoms with Gasteiger partial charge in [0.2, 0.25) is 0 Å². The van der Waals surface area contributed by atoms with Gasteiger partial charge >= 0.3 is 21.3 Å². The largest absolute Gasteiger partial charge is 0.483 e. The summed E-state index contributed by atoms with van der Waals surface area (Å²) in [5.41, 5.74) is -1.87. The molecule has 8 N–H and O–H groups in total. The molecule has 214 valence electrons. The number of hydrogen-bond donors (Lipinski definition) is 8. The maximum Gasteiger partial charge on any atom is 0.483 e. The molecule has 0 saturated carbocycles. The molecule has 2 aliphatic rings. The van der Waals surface area contributed by atoms with Gasteiger partial charge in [-0.25, -0.2) is 13.9 Å². The average molecular weight is 590 g/mol. The number of phosphoric acid groups is 2. The molecule has 0 aromatic carbocycles. The van der Waals surface area contributed by atoms with Crippen molar-refractivity contribution >= 4 is 15.6 Å². The van der Waals surface area contributed by atoms with Crippen LogP contribution in [0.25, 0.3) is 0 Å². The molecule has 1 aromatic rings. The van der Waals surface area contributed by atoms with Gasteiger partial charge in [-0.05, 0) is 0 Å². The Hall–Kier alpha value is -1.82. The molecule has 21 heteroatoms. The number of H-pyrrole nitrogens is 1. The molecule has 0 amide bonds. The molecule has 2 aliphatic heterocycles. The zero-order valence-corrected chi connectivity index (χ0v) is 20.7. The Labute approximate surface area is 211 Å². The van der Waals surface area contributed by atoms with Crippen LogP contribution in [-0.2, 0) is 36.7 Å². The van der Waals surface area contributed by atoms with Crippen LogP contribution in [0.2, 0.25) is 0 Å². The zero-order chi connectivity index (χ0) is 28.4. The van der Waals surface area contributed by atoms with Crippen LogP contribution < -0.4 is 11.2 Å². The summed E-state index contributed by atoms with van der Waals surface area (Å²) in [6.07, 6.45) is -11.6. The first-order valence-electron chi connectivity index (χ1n) is 10.4. The minimum Gasteiger partial charge on any atom is -0.387 e. The third-order valence-electron chi connectivity index (χ3n) is 5.14. The van der Waals surface area contributed by atoms with Crippen molar-refractivity contribution in [3.8, 4) is 12.3 Å². The summed E-state index contributed by atoms with van der Waals surface area (Å²) in [6.45, 7) is -0.684. The van der Waals surface area contributed by atoms with Crippen molar-refractivity contribution in [2.45, 2.75) is 55.4 Å². The number of aromatic nitrogens is 2. The van der Waals surface area contributed by atoms with Crippen LogP contribution in [-0.4, -0.2) is 107 Å². The second-order valence-electron chi connectivity index (χ2n) is 7.86. The molecule has 2 fully saturated rings. The molecular formula is C17H24N2O17P2. The Morgan fingerprint density at radius 2 is 1.53 bits per heavy atom. The third kappa shape index (κ3) is 7.22. The quantitative estimate of drug-likeness (QED) is 0.0728. The van der Waals surface area contributed by atoms with Crippen LogP contribution in [0.3, 0.4) is 0 Å². The van der Waals surface area contributed by atoms with Gasteiger partial charge in [0.05, 0.1) is 6.61 Å². The summed E-state index contributed by atoms with van der Waals surface area (Å²) in [7, 11) is -11.4. The van der Waals surface area contributed by atoms with Crippen LogP contribution in [0.15, 0.2) is 21.9 Å². The zero-order valence-electron chi connectivity index (χ0n) is 18.9. The average Bonchev–Trinajstić information content (AvgIpc) is 3.07. The number of nitrogens with one attached hydrogen (secondary N) is 1. The summed E-state index contributed by atoms with van der Waals surface area (Å²) < 4.78 is 53.5. The van der Waals surface area contributed by atoms with Crippen LogP contribution in [0.4, 0.5) is 0 Å². The fourth-order valence-electron chi connectivity index (χ4n) is 3.38. The Morgan fingerprint density at radius 3 is 2.11 bits per heavy atom. The number of aromatic amines is 1. The lowest BCUT2D eigenvalue weighted by atomic mass is 9.99. The highest BCUT2D eigenvalue weighted by molar-refractivity contribution is 7.61. The highest BCUT2D eigenvalue weighted by Crippen LogP contribution is 2.62. The van der Waals surface area contributed by atoms with E-state index in [-0.39, 0.29) is 6.61 Å². The normalized spacial score (nSPS) is 36.7. The molecule has 3 heterocycles. The van der Waals surface area contributed by atoms with Gasteiger partial charge in [-0.2, -0.15) is 4.31 Å². The predicted octanol–water partition coefficient (Wildman–Crippen LogP) is -4.18. The monoisotopic (exact) mass is 590 g/mol. The van der Waals surface area contributed by atoms with Crippen molar-refractivity contribution in [3.05, 3.63) is 33.1 Å². The molecule has 11 atom stereocenters. The lowest BCUT2D eigenvalue weighted by Crippen LogP contribution is -2.59. The molecule has 0 bridgehead atoms. The lowest BCUT2D eigenvalue weighted by molar-refractivity contribution is -0.282. The summed E-state index contributed by atoms with van der Waals surface area (Å²) in [6, 6.07) is 0.876. The minimum absolute atomic E-state index is 0.231. The van der Waals surface area contributed by atoms with Gasteiger partial charge in [0.25, 0.3) is 5.56 Å². The molecule has 38 heavy (non-hydrogen) atoms. The predicted molar refractivity (Wildman–Crippen MR) is 116 cm³/mol. The Balaban J connectivity index is 1.66. The number of phosphoric ester groups is 2. The van der Waals surface area contributed by atoms with E-state index in [1.54, 1.807) is 0 Å². The van der Waals surface area contributed by atoms with Crippen molar-refractivity contribution in [1.82, 2.24) is 9.55 Å². The van der Waals surface area contributed by atoms with E-state index in [2.05, 4.69) is 19.3 Å². The third-order valence-corrected chi connectivity index (χ3v) is 7.74. The second kappa shape index (κ2) is 12.1. The molecule has 0 radical (unpaired) electrons. The number of ether oxygens (including phenoxy) is 3. The Morgan fingerprint density at radius 1 is 0.947 bits per heavy atom. The van der Waals surface area contributed by atoms with Gasteiger partial charge in [-0.15, -0.1) is 6.42 Å². The van der Waals surface area contributed by atoms with Crippen molar-refractivity contribution in [1.29, 1.82) is 0 Å². The van der Waals surface area contributed by atoms with E-state index in [0.29, 0.717) is 4.57 Å². The summed E-state index contributed by atoms with van der Waals surface area (Å²) >= 11 is 0. The Bertz CT molecular complexity index is 1230. The van der Waals surface area contributed by atoms with E-state index < -0.39 is 88.9 Å². The molecule has 0 aliphatic carbocycles. The topological polar surface area (TPSA) is 286 Å². The van der Waals surface area contributed by atoms with Crippen LogP contribution in [0.5, 0.6) is 0 Å². The highest BCUT2D eigenvalue weighted by Gasteiger charge is 2.51. The fourth-order valence-corrected chi connectivity index (χ4v) is 5.60. The van der Waals surface area contributed by atoms with Gasteiger partial charge in [0.1, 0.15) is 43.2 Å². The van der Waals surface area contributed by atoms with Crippen LogP contribution >= 0.6 is 15.6 Å². The van der Waals surface area contributed by atoms with Crippen molar-refractivity contribution < 1.29 is 72.0 Å². The number of aliphatic hydroxyl groups excluding tert-OH is 5. The van der Waals surface area contributed by atoms with E-state index >= 15 is 0 Å². The van der Waals surface area contributed by atoms with E-state index in [0.717, 1.165) is 12.3 Å².